The molecule has 3 aromatic rings. The SMILES string of the molecule is O=C(CN(Cc1ccco1)Cc1cccs1)Nc1cc(Cl)ccc1F. The van der Waals surface area contributed by atoms with Crippen LogP contribution in [0.5, 0.6) is 0 Å². The number of amides is 1. The molecule has 130 valence electrons. The van der Waals surface area contributed by atoms with Gasteiger partial charge in [-0.2, -0.15) is 0 Å². The second-order valence-electron chi connectivity index (χ2n) is 5.48. The van der Waals surface area contributed by atoms with Crippen LogP contribution in [0.25, 0.3) is 0 Å². The van der Waals surface area contributed by atoms with E-state index in [2.05, 4.69) is 5.32 Å². The van der Waals surface area contributed by atoms with Gasteiger partial charge in [-0.05, 0) is 41.8 Å². The van der Waals surface area contributed by atoms with Gasteiger partial charge >= 0.3 is 0 Å². The van der Waals surface area contributed by atoms with Gasteiger partial charge in [0.05, 0.1) is 25.0 Å². The van der Waals surface area contributed by atoms with Gasteiger partial charge in [0.15, 0.2) is 0 Å². The van der Waals surface area contributed by atoms with Gasteiger partial charge < -0.3 is 9.73 Å². The summed E-state index contributed by atoms with van der Waals surface area (Å²) in [6, 6.07) is 11.7. The molecule has 1 amide bonds. The van der Waals surface area contributed by atoms with Gasteiger partial charge in [-0.3, -0.25) is 9.69 Å². The Morgan fingerprint density at radius 1 is 1.24 bits per heavy atom. The Balaban J connectivity index is 1.67. The number of nitrogens with one attached hydrogen (secondary N) is 1. The van der Waals surface area contributed by atoms with Crippen LogP contribution in [0.3, 0.4) is 0 Å². The van der Waals surface area contributed by atoms with Crippen LogP contribution in [0, 0.1) is 5.82 Å². The third kappa shape index (κ3) is 5.16. The zero-order valence-electron chi connectivity index (χ0n) is 13.2. The van der Waals surface area contributed by atoms with E-state index in [1.807, 2.05) is 28.5 Å². The maximum absolute atomic E-state index is 13.8. The predicted octanol–water partition coefficient (Wildman–Crippen LogP) is 4.77. The second-order valence-corrected chi connectivity index (χ2v) is 6.94. The van der Waals surface area contributed by atoms with E-state index in [0.29, 0.717) is 18.1 Å². The maximum atomic E-state index is 13.8. The molecule has 0 aliphatic heterocycles. The highest BCUT2D eigenvalue weighted by Crippen LogP contribution is 2.20. The van der Waals surface area contributed by atoms with Crippen molar-refractivity contribution < 1.29 is 13.6 Å². The molecule has 1 aromatic carbocycles. The number of anilines is 1. The molecule has 2 heterocycles. The highest BCUT2D eigenvalue weighted by Gasteiger charge is 2.15. The quantitative estimate of drug-likeness (QED) is 0.643. The summed E-state index contributed by atoms with van der Waals surface area (Å²) in [5, 5.41) is 4.93. The van der Waals surface area contributed by atoms with Crippen LogP contribution < -0.4 is 5.32 Å². The van der Waals surface area contributed by atoms with E-state index in [1.54, 1.807) is 23.7 Å². The number of rotatable bonds is 7. The van der Waals surface area contributed by atoms with E-state index in [-0.39, 0.29) is 18.1 Å². The van der Waals surface area contributed by atoms with Gasteiger partial charge in [0.25, 0.3) is 0 Å². The zero-order valence-corrected chi connectivity index (χ0v) is 14.8. The number of carbonyl (C=O) groups excluding carboxylic acids is 1. The Morgan fingerprint density at radius 2 is 2.12 bits per heavy atom. The largest absolute Gasteiger partial charge is 0.468 e. The topological polar surface area (TPSA) is 45.5 Å². The van der Waals surface area contributed by atoms with Crippen molar-refractivity contribution in [1.82, 2.24) is 4.90 Å². The van der Waals surface area contributed by atoms with Crippen molar-refractivity contribution >= 4 is 34.5 Å². The van der Waals surface area contributed by atoms with Gasteiger partial charge in [-0.15, -0.1) is 11.3 Å². The van der Waals surface area contributed by atoms with Crippen LogP contribution in [-0.4, -0.2) is 17.4 Å². The first-order valence-electron chi connectivity index (χ1n) is 7.62. The highest BCUT2D eigenvalue weighted by atomic mass is 35.5. The number of hydrogen-bond donors (Lipinski definition) is 1. The molecular weight excluding hydrogens is 363 g/mol. The zero-order chi connectivity index (χ0) is 17.6. The summed E-state index contributed by atoms with van der Waals surface area (Å²) in [6.07, 6.45) is 1.60. The van der Waals surface area contributed by atoms with E-state index in [9.17, 15) is 9.18 Å². The summed E-state index contributed by atoms with van der Waals surface area (Å²) >= 11 is 7.47. The first-order chi connectivity index (χ1) is 12.1. The van der Waals surface area contributed by atoms with Crippen molar-refractivity contribution in [2.45, 2.75) is 13.1 Å². The lowest BCUT2D eigenvalue weighted by atomic mass is 10.3. The lowest BCUT2D eigenvalue weighted by Gasteiger charge is -2.20. The molecule has 0 spiro atoms. The fourth-order valence-electron chi connectivity index (χ4n) is 2.40. The minimum atomic E-state index is -0.520. The van der Waals surface area contributed by atoms with Crippen LogP contribution in [0.4, 0.5) is 10.1 Å². The number of furan rings is 1. The van der Waals surface area contributed by atoms with Crippen LogP contribution in [0.2, 0.25) is 5.02 Å². The minimum absolute atomic E-state index is 0.0755. The molecule has 0 fully saturated rings. The smallest absolute Gasteiger partial charge is 0.238 e. The fourth-order valence-corrected chi connectivity index (χ4v) is 3.32. The molecule has 4 nitrogen and oxygen atoms in total. The number of hydrogen-bond acceptors (Lipinski definition) is 4. The van der Waals surface area contributed by atoms with Crippen LogP contribution in [0.15, 0.2) is 58.5 Å². The first kappa shape index (κ1) is 17.7. The van der Waals surface area contributed by atoms with Crippen molar-refractivity contribution in [2.24, 2.45) is 0 Å². The number of carbonyl (C=O) groups is 1. The summed E-state index contributed by atoms with van der Waals surface area (Å²) in [5.41, 5.74) is 0.0755. The normalized spacial score (nSPS) is 11.0. The molecule has 0 atom stereocenters. The molecule has 7 heteroatoms. The minimum Gasteiger partial charge on any atom is -0.468 e. The molecular formula is C18H16ClFN2O2S. The van der Waals surface area contributed by atoms with Crippen LogP contribution >= 0.6 is 22.9 Å². The summed E-state index contributed by atoms with van der Waals surface area (Å²) in [6.45, 7) is 1.19. The Bertz CT molecular complexity index is 785. The molecule has 0 bridgehead atoms. The Kier molecular flexibility index (Phi) is 5.86. The van der Waals surface area contributed by atoms with Crippen molar-refractivity contribution in [1.29, 1.82) is 0 Å². The average Bonchev–Trinajstić information content (AvgIpc) is 3.25. The average molecular weight is 379 g/mol. The van der Waals surface area contributed by atoms with Gasteiger partial charge in [-0.1, -0.05) is 17.7 Å². The third-order valence-corrected chi connectivity index (χ3v) is 4.59. The van der Waals surface area contributed by atoms with Gasteiger partial charge in [-0.25, -0.2) is 4.39 Å². The molecule has 3 rings (SSSR count). The molecule has 0 unspecified atom stereocenters. The molecule has 2 aromatic heterocycles. The highest BCUT2D eigenvalue weighted by molar-refractivity contribution is 7.09. The van der Waals surface area contributed by atoms with E-state index in [4.69, 9.17) is 16.0 Å². The summed E-state index contributed by atoms with van der Waals surface area (Å²) < 4.78 is 19.1. The molecule has 0 saturated carbocycles. The molecule has 0 saturated heterocycles. The number of halogens is 2. The number of thiophene rings is 1. The lowest BCUT2D eigenvalue weighted by Crippen LogP contribution is -2.32. The maximum Gasteiger partial charge on any atom is 0.238 e. The second kappa shape index (κ2) is 8.29. The third-order valence-electron chi connectivity index (χ3n) is 3.49. The molecule has 0 aliphatic rings. The van der Waals surface area contributed by atoms with E-state index in [1.165, 1.54) is 18.2 Å². The van der Waals surface area contributed by atoms with Crippen molar-refractivity contribution in [3.8, 4) is 0 Å². The summed E-state index contributed by atoms with van der Waals surface area (Å²) in [5.74, 6) is -0.0730. The number of benzene rings is 1. The van der Waals surface area contributed by atoms with E-state index >= 15 is 0 Å². The van der Waals surface area contributed by atoms with Crippen LogP contribution in [0.1, 0.15) is 10.6 Å². The summed E-state index contributed by atoms with van der Waals surface area (Å²) in [7, 11) is 0. The molecule has 1 N–H and O–H groups in total. The monoisotopic (exact) mass is 378 g/mol. The van der Waals surface area contributed by atoms with Gasteiger partial charge in [0, 0.05) is 16.4 Å². The fraction of sp³-hybridized carbons (Fsp3) is 0.167. The predicted molar refractivity (Wildman–Crippen MR) is 97.2 cm³/mol. The Hall–Kier alpha value is -2.15. The first-order valence-corrected chi connectivity index (χ1v) is 8.88. The van der Waals surface area contributed by atoms with Crippen molar-refractivity contribution in [3.63, 3.8) is 0 Å². The van der Waals surface area contributed by atoms with Crippen molar-refractivity contribution in [2.75, 3.05) is 11.9 Å². The van der Waals surface area contributed by atoms with Gasteiger partial charge in [0.1, 0.15) is 11.6 Å². The van der Waals surface area contributed by atoms with E-state index in [0.717, 1.165) is 10.6 Å². The molecule has 25 heavy (non-hydrogen) atoms. The molecule has 0 aliphatic carbocycles. The standard InChI is InChI=1S/C18H16ClFN2O2S/c19-13-5-6-16(20)17(9-13)21-18(23)12-22(10-14-3-1-7-24-14)11-15-4-2-8-25-15/h1-9H,10-12H2,(H,21,23). The van der Waals surface area contributed by atoms with Crippen molar-refractivity contribution in [3.05, 3.63) is 75.6 Å². The molecule has 0 radical (unpaired) electrons. The van der Waals surface area contributed by atoms with Crippen LogP contribution in [-0.2, 0) is 17.9 Å². The Labute approximate surface area is 153 Å². The van der Waals surface area contributed by atoms with Gasteiger partial charge in [0.2, 0.25) is 5.91 Å². The number of nitrogens with zero attached hydrogens (tertiary/aromatic N) is 1. The lowest BCUT2D eigenvalue weighted by molar-refractivity contribution is -0.117. The Morgan fingerprint density at radius 3 is 2.84 bits per heavy atom. The summed E-state index contributed by atoms with van der Waals surface area (Å²) in [4.78, 5) is 15.4. The van der Waals surface area contributed by atoms with E-state index < -0.39 is 5.82 Å².